The van der Waals surface area contributed by atoms with Gasteiger partial charge in [-0.3, -0.25) is 0 Å². The lowest BCUT2D eigenvalue weighted by molar-refractivity contribution is 0.217. The highest BCUT2D eigenvalue weighted by atomic mass is 32.2. The summed E-state index contributed by atoms with van der Waals surface area (Å²) in [4.78, 5) is 0. The molecule has 0 aromatic heterocycles. The Morgan fingerprint density at radius 3 is 1.30 bits per heavy atom. The molecule has 0 radical (unpaired) electrons. The molecule has 0 aliphatic rings. The number of unbranched alkanes of at least 4 members (excludes halogenated alkanes) is 14. The van der Waals surface area contributed by atoms with Crippen LogP contribution in [0.25, 0.3) is 0 Å². The van der Waals surface area contributed by atoms with Crippen molar-refractivity contribution in [1.82, 2.24) is 0 Å². The Kier molecular flexibility index (Phi) is 15.3. The molecular weight excluding hydrogens is 312 g/mol. The SMILES string of the molecule is CCCCCCCCCCCCCCCCCC(O)S(=O)(=O)[O-]. The number of hydrogen-bond donors (Lipinski definition) is 1. The van der Waals surface area contributed by atoms with E-state index < -0.39 is 15.6 Å². The fourth-order valence-electron chi connectivity index (χ4n) is 2.83. The van der Waals surface area contributed by atoms with Crippen molar-refractivity contribution in [2.24, 2.45) is 0 Å². The van der Waals surface area contributed by atoms with E-state index in [2.05, 4.69) is 6.92 Å². The highest BCUT2D eigenvalue weighted by Gasteiger charge is 2.10. The van der Waals surface area contributed by atoms with Crippen LogP contribution in [0.5, 0.6) is 0 Å². The maximum absolute atomic E-state index is 10.5. The minimum absolute atomic E-state index is 0.0735. The maximum atomic E-state index is 10.5. The second-order valence-corrected chi connectivity index (χ2v) is 8.22. The molecule has 1 unspecified atom stereocenters. The number of aliphatic hydroxyl groups excluding tert-OH is 1. The Labute approximate surface area is 143 Å². The number of rotatable bonds is 17. The molecule has 23 heavy (non-hydrogen) atoms. The van der Waals surface area contributed by atoms with Crippen LogP contribution < -0.4 is 0 Å². The zero-order chi connectivity index (χ0) is 17.4. The first kappa shape index (κ1) is 22.9. The van der Waals surface area contributed by atoms with Gasteiger partial charge in [-0.15, -0.1) is 0 Å². The molecular formula is C18H37O4S-. The minimum Gasteiger partial charge on any atom is -0.746 e. The predicted molar refractivity (Wildman–Crippen MR) is 95.3 cm³/mol. The van der Waals surface area contributed by atoms with E-state index in [1.54, 1.807) is 0 Å². The van der Waals surface area contributed by atoms with Gasteiger partial charge in [0.25, 0.3) is 0 Å². The van der Waals surface area contributed by atoms with Crippen LogP contribution in [-0.2, 0) is 10.1 Å². The molecule has 4 nitrogen and oxygen atoms in total. The highest BCUT2D eigenvalue weighted by molar-refractivity contribution is 7.86. The van der Waals surface area contributed by atoms with Crippen molar-refractivity contribution in [2.75, 3.05) is 0 Å². The summed E-state index contributed by atoms with van der Waals surface area (Å²) in [5.41, 5.74) is -1.72. The van der Waals surface area contributed by atoms with Crippen LogP contribution in [0.15, 0.2) is 0 Å². The third kappa shape index (κ3) is 16.5. The summed E-state index contributed by atoms with van der Waals surface area (Å²) in [5.74, 6) is 0. The molecule has 0 saturated heterocycles. The van der Waals surface area contributed by atoms with Gasteiger partial charge >= 0.3 is 0 Å². The van der Waals surface area contributed by atoms with Gasteiger partial charge < -0.3 is 9.66 Å². The Morgan fingerprint density at radius 1 is 0.696 bits per heavy atom. The van der Waals surface area contributed by atoms with E-state index in [0.29, 0.717) is 6.42 Å². The smallest absolute Gasteiger partial charge is 0.143 e. The quantitative estimate of drug-likeness (QED) is 0.292. The van der Waals surface area contributed by atoms with Crippen molar-refractivity contribution in [1.29, 1.82) is 0 Å². The molecule has 0 rings (SSSR count). The van der Waals surface area contributed by atoms with E-state index in [4.69, 9.17) is 5.11 Å². The molecule has 0 aromatic carbocycles. The maximum Gasteiger partial charge on any atom is 0.143 e. The zero-order valence-electron chi connectivity index (χ0n) is 15.0. The van der Waals surface area contributed by atoms with E-state index in [1.165, 1.54) is 70.6 Å². The van der Waals surface area contributed by atoms with Gasteiger partial charge in [-0.1, -0.05) is 96.8 Å². The minimum atomic E-state index is -4.52. The van der Waals surface area contributed by atoms with E-state index in [9.17, 15) is 13.0 Å². The Hall–Kier alpha value is -0.130. The predicted octanol–water partition coefficient (Wildman–Crippen LogP) is 5.11. The number of hydrogen-bond acceptors (Lipinski definition) is 4. The van der Waals surface area contributed by atoms with Crippen LogP contribution in [0.1, 0.15) is 110 Å². The van der Waals surface area contributed by atoms with Gasteiger partial charge in [-0.05, 0) is 12.8 Å². The van der Waals surface area contributed by atoms with Crippen molar-refractivity contribution < 1.29 is 18.1 Å². The summed E-state index contributed by atoms with van der Waals surface area (Å²) in [7, 11) is -4.52. The fraction of sp³-hybridized carbons (Fsp3) is 1.00. The molecule has 0 bridgehead atoms. The lowest BCUT2D eigenvalue weighted by Crippen LogP contribution is -2.19. The first-order valence-corrected chi connectivity index (χ1v) is 11.1. The van der Waals surface area contributed by atoms with Gasteiger partial charge in [0.2, 0.25) is 0 Å². The van der Waals surface area contributed by atoms with Crippen molar-refractivity contribution in [3.8, 4) is 0 Å². The summed E-state index contributed by atoms with van der Waals surface area (Å²) >= 11 is 0. The molecule has 0 amide bonds. The van der Waals surface area contributed by atoms with Crippen LogP contribution in [0.2, 0.25) is 0 Å². The van der Waals surface area contributed by atoms with Crippen LogP contribution in [-0.4, -0.2) is 23.5 Å². The van der Waals surface area contributed by atoms with E-state index >= 15 is 0 Å². The highest BCUT2D eigenvalue weighted by Crippen LogP contribution is 2.14. The van der Waals surface area contributed by atoms with Gasteiger partial charge in [0.1, 0.15) is 15.6 Å². The summed E-state index contributed by atoms with van der Waals surface area (Å²) in [6.45, 7) is 2.25. The molecule has 0 aliphatic heterocycles. The first-order chi connectivity index (χ1) is 11.0. The fourth-order valence-corrected chi connectivity index (χ4v) is 3.29. The average molecular weight is 350 g/mol. The van der Waals surface area contributed by atoms with E-state index in [-0.39, 0.29) is 6.42 Å². The third-order valence-electron chi connectivity index (χ3n) is 4.39. The standard InChI is InChI=1S/C18H38O4S/c1-2-3-4-5-6-7-8-9-10-11-12-13-14-15-16-17-18(19)23(20,21)22/h18-19H,2-17H2,1H3,(H,20,21,22)/p-1. The van der Waals surface area contributed by atoms with Gasteiger partial charge in [-0.2, -0.15) is 0 Å². The van der Waals surface area contributed by atoms with Crippen molar-refractivity contribution >= 4 is 10.1 Å². The Bertz CT molecular complexity index is 341. The molecule has 0 saturated carbocycles. The first-order valence-electron chi connectivity index (χ1n) is 9.61. The molecule has 1 N–H and O–H groups in total. The molecule has 0 spiro atoms. The number of aliphatic hydroxyl groups is 1. The third-order valence-corrected chi connectivity index (χ3v) is 5.29. The average Bonchev–Trinajstić information content (AvgIpc) is 2.50. The van der Waals surface area contributed by atoms with Crippen molar-refractivity contribution in [2.45, 2.75) is 115 Å². The Balaban J connectivity index is 3.14. The lowest BCUT2D eigenvalue weighted by atomic mass is 10.0. The lowest BCUT2D eigenvalue weighted by Gasteiger charge is -2.14. The summed E-state index contributed by atoms with van der Waals surface area (Å²) in [5, 5.41) is 9.09. The van der Waals surface area contributed by atoms with Gasteiger partial charge in [0.15, 0.2) is 0 Å². The zero-order valence-corrected chi connectivity index (χ0v) is 15.8. The van der Waals surface area contributed by atoms with E-state index in [0.717, 1.165) is 19.3 Å². The second kappa shape index (κ2) is 15.4. The van der Waals surface area contributed by atoms with Gasteiger partial charge in [0.05, 0.1) is 0 Å². The summed E-state index contributed by atoms with van der Waals surface area (Å²) in [6, 6.07) is 0. The van der Waals surface area contributed by atoms with Crippen LogP contribution in [0.3, 0.4) is 0 Å². The largest absolute Gasteiger partial charge is 0.746 e. The van der Waals surface area contributed by atoms with E-state index in [1.807, 2.05) is 0 Å². The second-order valence-electron chi connectivity index (χ2n) is 6.69. The summed E-state index contributed by atoms with van der Waals surface area (Å²) < 4.78 is 31.5. The van der Waals surface area contributed by atoms with Crippen molar-refractivity contribution in [3.05, 3.63) is 0 Å². The molecule has 0 aromatic rings. The molecule has 1 atom stereocenters. The molecule has 0 aliphatic carbocycles. The topological polar surface area (TPSA) is 77.4 Å². The Morgan fingerprint density at radius 2 is 1.00 bits per heavy atom. The summed E-state index contributed by atoms with van der Waals surface area (Å²) in [6.07, 6.45) is 18.6. The van der Waals surface area contributed by atoms with Crippen LogP contribution in [0, 0.1) is 0 Å². The monoisotopic (exact) mass is 349 g/mol. The van der Waals surface area contributed by atoms with Crippen LogP contribution >= 0.6 is 0 Å². The normalized spacial score (nSPS) is 13.3. The molecule has 0 fully saturated rings. The van der Waals surface area contributed by atoms with Crippen LogP contribution in [0.4, 0.5) is 0 Å². The van der Waals surface area contributed by atoms with Crippen molar-refractivity contribution in [3.63, 3.8) is 0 Å². The molecule has 5 heteroatoms. The van der Waals surface area contributed by atoms with Gasteiger partial charge in [0, 0.05) is 0 Å². The molecule has 0 heterocycles. The van der Waals surface area contributed by atoms with Gasteiger partial charge in [-0.25, -0.2) is 8.42 Å². The molecule has 140 valence electrons.